The Kier molecular flexibility index (Phi) is 6.63. The Bertz CT molecular complexity index is 504. The average Bonchev–Trinajstić information content (AvgIpc) is 2.39. The minimum absolute atomic E-state index is 0.167. The molecular weight excluding hydrogens is 248 g/mol. The van der Waals surface area contributed by atoms with Gasteiger partial charge in [0.25, 0.3) is 5.56 Å². The molecule has 1 N–H and O–H groups in total. The van der Waals surface area contributed by atoms with Gasteiger partial charge in [-0.1, -0.05) is 13.3 Å². The number of carbonyl (C=O) groups is 1. The molecule has 0 fully saturated rings. The predicted octanol–water partition coefficient (Wildman–Crippen LogP) is 1.05. The molecule has 0 saturated heterocycles. The first-order chi connectivity index (χ1) is 9.13. The van der Waals surface area contributed by atoms with Crippen LogP contribution in [0.1, 0.15) is 39.0 Å². The summed E-state index contributed by atoms with van der Waals surface area (Å²) in [5, 5.41) is 0. The van der Waals surface area contributed by atoms with Crippen molar-refractivity contribution >= 4 is 5.97 Å². The monoisotopic (exact) mass is 268 g/mol. The number of ether oxygens (including phenoxy) is 1. The number of esters is 1. The van der Waals surface area contributed by atoms with Crippen LogP contribution in [0, 0.1) is 0 Å². The van der Waals surface area contributed by atoms with Crippen molar-refractivity contribution in [2.45, 2.75) is 45.6 Å². The maximum absolute atomic E-state index is 11.4. The summed E-state index contributed by atoms with van der Waals surface area (Å²) in [5.41, 5.74) is -0.747. The van der Waals surface area contributed by atoms with Gasteiger partial charge < -0.3 is 9.30 Å². The van der Waals surface area contributed by atoms with E-state index < -0.39 is 0 Å². The van der Waals surface area contributed by atoms with Crippen LogP contribution >= 0.6 is 0 Å². The van der Waals surface area contributed by atoms with Gasteiger partial charge in [0.05, 0.1) is 6.61 Å². The number of nitrogens with zero attached hydrogens (tertiary/aromatic N) is 1. The molecule has 0 unspecified atom stereocenters. The number of aromatic nitrogens is 2. The third-order valence-electron chi connectivity index (χ3n) is 2.74. The predicted molar refractivity (Wildman–Crippen MR) is 71.0 cm³/mol. The molecule has 19 heavy (non-hydrogen) atoms. The van der Waals surface area contributed by atoms with Gasteiger partial charge in [0.15, 0.2) is 0 Å². The highest BCUT2D eigenvalue weighted by atomic mass is 16.5. The van der Waals surface area contributed by atoms with Crippen LogP contribution < -0.4 is 11.2 Å². The third kappa shape index (κ3) is 6.03. The molecule has 0 atom stereocenters. The van der Waals surface area contributed by atoms with Gasteiger partial charge >= 0.3 is 11.7 Å². The Balaban J connectivity index is 2.12. The van der Waals surface area contributed by atoms with Gasteiger partial charge in [-0.25, -0.2) is 4.79 Å². The molecule has 0 aromatic carbocycles. The topological polar surface area (TPSA) is 81.2 Å². The number of hydrogen-bond acceptors (Lipinski definition) is 4. The second-order valence-electron chi connectivity index (χ2n) is 4.29. The molecule has 6 heteroatoms. The van der Waals surface area contributed by atoms with E-state index in [9.17, 15) is 14.4 Å². The average molecular weight is 268 g/mol. The molecule has 0 spiro atoms. The number of unbranched alkanes of at least 4 members (excludes halogenated alkanes) is 3. The summed E-state index contributed by atoms with van der Waals surface area (Å²) in [6.07, 6.45) is 5.52. The smallest absolute Gasteiger partial charge is 0.328 e. The van der Waals surface area contributed by atoms with E-state index in [-0.39, 0.29) is 17.2 Å². The van der Waals surface area contributed by atoms with E-state index in [0.717, 1.165) is 25.7 Å². The second kappa shape index (κ2) is 8.29. The summed E-state index contributed by atoms with van der Waals surface area (Å²) in [6, 6.07) is 1.34. The Labute approximate surface area is 111 Å². The molecule has 0 radical (unpaired) electrons. The molecule has 0 aliphatic rings. The molecule has 0 bridgehead atoms. The van der Waals surface area contributed by atoms with E-state index >= 15 is 0 Å². The molecule has 1 aromatic rings. The van der Waals surface area contributed by atoms with Crippen LogP contribution in [0.3, 0.4) is 0 Å². The number of H-pyrrole nitrogens is 1. The summed E-state index contributed by atoms with van der Waals surface area (Å²) in [4.78, 5) is 35.3. The Morgan fingerprint density at radius 2 is 2.00 bits per heavy atom. The summed E-state index contributed by atoms with van der Waals surface area (Å²) in [5.74, 6) is -0.167. The minimum Gasteiger partial charge on any atom is -0.466 e. The SMILES string of the molecule is CCC(=O)OCCCCCCn1ccc(=O)[nH]c1=O. The van der Waals surface area contributed by atoms with E-state index in [0.29, 0.717) is 19.6 Å². The van der Waals surface area contributed by atoms with Gasteiger partial charge in [-0.05, 0) is 19.3 Å². The fourth-order valence-electron chi connectivity index (χ4n) is 1.65. The van der Waals surface area contributed by atoms with Crippen LogP contribution in [-0.4, -0.2) is 22.1 Å². The Morgan fingerprint density at radius 1 is 1.26 bits per heavy atom. The molecule has 1 heterocycles. The summed E-state index contributed by atoms with van der Waals surface area (Å²) in [7, 11) is 0. The van der Waals surface area contributed by atoms with Gasteiger partial charge in [-0.15, -0.1) is 0 Å². The Hall–Kier alpha value is -1.85. The number of rotatable bonds is 8. The minimum atomic E-state index is -0.376. The van der Waals surface area contributed by atoms with E-state index in [1.54, 1.807) is 6.92 Å². The lowest BCUT2D eigenvalue weighted by molar-refractivity contribution is -0.143. The Morgan fingerprint density at radius 3 is 2.68 bits per heavy atom. The summed E-state index contributed by atoms with van der Waals surface area (Å²) >= 11 is 0. The van der Waals surface area contributed by atoms with Crippen LogP contribution in [0.15, 0.2) is 21.9 Å². The van der Waals surface area contributed by atoms with Crippen LogP contribution in [-0.2, 0) is 16.1 Å². The van der Waals surface area contributed by atoms with Crippen LogP contribution in [0.2, 0.25) is 0 Å². The lowest BCUT2D eigenvalue weighted by Gasteiger charge is -2.05. The molecule has 6 nitrogen and oxygen atoms in total. The number of aromatic amines is 1. The maximum atomic E-state index is 11.4. The van der Waals surface area contributed by atoms with Gasteiger partial charge in [0.1, 0.15) is 0 Å². The van der Waals surface area contributed by atoms with Crippen molar-refractivity contribution in [1.82, 2.24) is 9.55 Å². The van der Waals surface area contributed by atoms with Gasteiger partial charge in [-0.2, -0.15) is 0 Å². The quantitative estimate of drug-likeness (QED) is 0.564. The number of aryl methyl sites for hydroxylation is 1. The number of carbonyl (C=O) groups excluding carboxylic acids is 1. The fraction of sp³-hybridized carbons (Fsp3) is 0.615. The lowest BCUT2D eigenvalue weighted by Crippen LogP contribution is -2.28. The zero-order chi connectivity index (χ0) is 14.1. The largest absolute Gasteiger partial charge is 0.466 e. The molecule has 0 aliphatic carbocycles. The molecular formula is C13H20N2O4. The van der Waals surface area contributed by atoms with Crippen molar-refractivity contribution in [3.63, 3.8) is 0 Å². The van der Waals surface area contributed by atoms with Crippen molar-refractivity contribution in [3.8, 4) is 0 Å². The van der Waals surface area contributed by atoms with Gasteiger partial charge in [0, 0.05) is 25.2 Å². The first kappa shape index (κ1) is 15.2. The highest BCUT2D eigenvalue weighted by Gasteiger charge is 1.98. The zero-order valence-electron chi connectivity index (χ0n) is 11.2. The van der Waals surface area contributed by atoms with Crippen molar-refractivity contribution in [3.05, 3.63) is 33.1 Å². The van der Waals surface area contributed by atoms with Crippen molar-refractivity contribution in [2.24, 2.45) is 0 Å². The van der Waals surface area contributed by atoms with E-state index in [4.69, 9.17) is 4.74 Å². The first-order valence-corrected chi connectivity index (χ1v) is 6.59. The fourth-order valence-corrected chi connectivity index (χ4v) is 1.65. The van der Waals surface area contributed by atoms with Crippen LogP contribution in [0.25, 0.3) is 0 Å². The molecule has 106 valence electrons. The normalized spacial score (nSPS) is 10.4. The van der Waals surface area contributed by atoms with Crippen molar-refractivity contribution in [1.29, 1.82) is 0 Å². The molecule has 0 saturated carbocycles. The third-order valence-corrected chi connectivity index (χ3v) is 2.74. The first-order valence-electron chi connectivity index (χ1n) is 6.59. The highest BCUT2D eigenvalue weighted by Crippen LogP contribution is 2.01. The number of nitrogens with one attached hydrogen (secondary N) is 1. The van der Waals surface area contributed by atoms with Crippen molar-refractivity contribution in [2.75, 3.05) is 6.61 Å². The van der Waals surface area contributed by atoms with E-state index in [1.165, 1.54) is 16.8 Å². The van der Waals surface area contributed by atoms with E-state index in [2.05, 4.69) is 4.98 Å². The molecule has 1 rings (SSSR count). The van der Waals surface area contributed by atoms with Crippen LogP contribution in [0.5, 0.6) is 0 Å². The molecule has 0 aliphatic heterocycles. The zero-order valence-corrected chi connectivity index (χ0v) is 11.2. The second-order valence-corrected chi connectivity index (χ2v) is 4.29. The van der Waals surface area contributed by atoms with Crippen molar-refractivity contribution < 1.29 is 9.53 Å². The molecule has 1 aromatic heterocycles. The van der Waals surface area contributed by atoms with E-state index in [1.807, 2.05) is 0 Å². The summed E-state index contributed by atoms with van der Waals surface area (Å²) in [6.45, 7) is 2.82. The standard InChI is InChI=1S/C13H20N2O4/c1-2-12(17)19-10-6-4-3-5-8-15-9-7-11(16)14-13(15)18/h7,9H,2-6,8,10H2,1H3,(H,14,16,18). The maximum Gasteiger partial charge on any atom is 0.328 e. The highest BCUT2D eigenvalue weighted by molar-refractivity contribution is 5.68. The lowest BCUT2D eigenvalue weighted by atomic mass is 10.2. The van der Waals surface area contributed by atoms with Crippen LogP contribution in [0.4, 0.5) is 0 Å². The van der Waals surface area contributed by atoms with Gasteiger partial charge in [-0.3, -0.25) is 14.6 Å². The van der Waals surface area contributed by atoms with Gasteiger partial charge in [0.2, 0.25) is 0 Å². The number of hydrogen-bond donors (Lipinski definition) is 1. The molecule has 0 amide bonds. The summed E-state index contributed by atoms with van der Waals surface area (Å²) < 4.78 is 6.44.